The Bertz CT molecular complexity index is 768. The maximum absolute atomic E-state index is 12.4. The minimum atomic E-state index is 0.000485. The molecule has 1 amide bonds. The summed E-state index contributed by atoms with van der Waals surface area (Å²) in [4.78, 5) is 14.0. The van der Waals surface area contributed by atoms with Crippen molar-refractivity contribution in [2.75, 3.05) is 33.1 Å². The Labute approximate surface area is 163 Å². The van der Waals surface area contributed by atoms with E-state index in [-0.39, 0.29) is 5.91 Å². The number of nitrogens with one attached hydrogen (secondary N) is 1. The summed E-state index contributed by atoms with van der Waals surface area (Å²) in [5.41, 5.74) is 1.62. The van der Waals surface area contributed by atoms with E-state index in [0.29, 0.717) is 41.1 Å². The van der Waals surface area contributed by atoms with Crippen LogP contribution in [0.2, 0.25) is 10.0 Å². The van der Waals surface area contributed by atoms with E-state index in [0.717, 1.165) is 11.3 Å². The van der Waals surface area contributed by atoms with E-state index >= 15 is 0 Å². The predicted octanol–water partition coefficient (Wildman–Crippen LogP) is 4.47. The lowest BCUT2D eigenvalue weighted by Crippen LogP contribution is -2.28. The molecule has 0 aromatic heterocycles. The van der Waals surface area contributed by atoms with Crippen LogP contribution in [-0.4, -0.2) is 38.6 Å². The standard InChI is InChI=1S/C19H22Cl2N2O3/c1-23(12-13-10-14(20)4-6-17(13)25-2)19(24)8-9-22-16-11-15(21)5-7-18(16)26-3/h4-7,10-11,22H,8-9,12H2,1-3H3. The van der Waals surface area contributed by atoms with Crippen LogP contribution in [0.5, 0.6) is 11.5 Å². The van der Waals surface area contributed by atoms with E-state index in [1.165, 1.54) is 0 Å². The third kappa shape index (κ3) is 5.44. The molecule has 0 spiro atoms. The first-order chi connectivity index (χ1) is 12.4. The van der Waals surface area contributed by atoms with Gasteiger partial charge < -0.3 is 19.7 Å². The molecule has 7 heteroatoms. The van der Waals surface area contributed by atoms with E-state index < -0.39 is 0 Å². The van der Waals surface area contributed by atoms with Gasteiger partial charge in [-0.1, -0.05) is 23.2 Å². The zero-order valence-electron chi connectivity index (χ0n) is 15.0. The maximum atomic E-state index is 12.4. The van der Waals surface area contributed by atoms with Crippen LogP contribution in [0, 0.1) is 0 Å². The molecule has 1 N–H and O–H groups in total. The van der Waals surface area contributed by atoms with Crippen molar-refractivity contribution < 1.29 is 14.3 Å². The number of nitrogens with zero attached hydrogens (tertiary/aromatic N) is 1. The van der Waals surface area contributed by atoms with Crippen molar-refractivity contribution in [3.63, 3.8) is 0 Å². The predicted molar refractivity (Wildman–Crippen MR) is 106 cm³/mol. The Balaban J connectivity index is 1.92. The van der Waals surface area contributed by atoms with Gasteiger partial charge in [0.2, 0.25) is 5.91 Å². The van der Waals surface area contributed by atoms with Crippen LogP contribution in [0.25, 0.3) is 0 Å². The highest BCUT2D eigenvalue weighted by Gasteiger charge is 2.13. The summed E-state index contributed by atoms with van der Waals surface area (Å²) < 4.78 is 10.6. The van der Waals surface area contributed by atoms with E-state index in [2.05, 4.69) is 5.32 Å². The Kier molecular flexibility index (Phi) is 7.42. The van der Waals surface area contributed by atoms with E-state index in [1.807, 2.05) is 0 Å². The molecule has 0 saturated heterocycles. The highest BCUT2D eigenvalue weighted by Crippen LogP contribution is 2.27. The van der Waals surface area contributed by atoms with Crippen molar-refractivity contribution in [2.45, 2.75) is 13.0 Å². The Morgan fingerprint density at radius 2 is 1.65 bits per heavy atom. The third-order valence-electron chi connectivity index (χ3n) is 3.89. The molecule has 0 fully saturated rings. The lowest BCUT2D eigenvalue weighted by atomic mass is 10.2. The average molecular weight is 397 g/mol. The molecule has 0 aliphatic rings. The summed E-state index contributed by atoms with van der Waals surface area (Å²) in [6.45, 7) is 0.885. The quantitative estimate of drug-likeness (QED) is 0.714. The molecule has 0 unspecified atom stereocenters. The molecule has 26 heavy (non-hydrogen) atoms. The van der Waals surface area contributed by atoms with Crippen LogP contribution in [0.4, 0.5) is 5.69 Å². The first-order valence-electron chi connectivity index (χ1n) is 8.08. The number of benzene rings is 2. The number of ether oxygens (including phenoxy) is 2. The fraction of sp³-hybridized carbons (Fsp3) is 0.316. The van der Waals surface area contributed by atoms with E-state index in [1.54, 1.807) is 62.6 Å². The second kappa shape index (κ2) is 9.55. The number of hydrogen-bond acceptors (Lipinski definition) is 4. The monoisotopic (exact) mass is 396 g/mol. The molecule has 0 heterocycles. The van der Waals surface area contributed by atoms with Gasteiger partial charge in [-0.2, -0.15) is 0 Å². The summed E-state index contributed by atoms with van der Waals surface area (Å²) >= 11 is 12.0. The zero-order chi connectivity index (χ0) is 19.1. The molecule has 5 nitrogen and oxygen atoms in total. The van der Waals surface area contributed by atoms with Crippen molar-refractivity contribution in [3.05, 3.63) is 52.0 Å². The van der Waals surface area contributed by atoms with Crippen molar-refractivity contribution in [3.8, 4) is 11.5 Å². The summed E-state index contributed by atoms with van der Waals surface area (Å²) in [7, 11) is 4.94. The molecule has 0 saturated carbocycles. The minimum absolute atomic E-state index is 0.000485. The highest BCUT2D eigenvalue weighted by molar-refractivity contribution is 6.31. The van der Waals surface area contributed by atoms with Crippen molar-refractivity contribution >= 4 is 34.8 Å². The number of anilines is 1. The van der Waals surface area contributed by atoms with Gasteiger partial charge in [0.1, 0.15) is 11.5 Å². The Morgan fingerprint density at radius 3 is 2.31 bits per heavy atom. The van der Waals surface area contributed by atoms with Crippen LogP contribution in [-0.2, 0) is 11.3 Å². The normalized spacial score (nSPS) is 10.3. The van der Waals surface area contributed by atoms with Gasteiger partial charge in [0.15, 0.2) is 0 Å². The maximum Gasteiger partial charge on any atom is 0.224 e. The number of carbonyl (C=O) groups excluding carboxylic acids is 1. The van der Waals surface area contributed by atoms with Crippen LogP contribution >= 0.6 is 23.2 Å². The summed E-state index contributed by atoms with van der Waals surface area (Å²) in [6, 6.07) is 10.7. The minimum Gasteiger partial charge on any atom is -0.496 e. The molecule has 0 aliphatic carbocycles. The first-order valence-corrected chi connectivity index (χ1v) is 8.84. The van der Waals surface area contributed by atoms with Crippen molar-refractivity contribution in [1.82, 2.24) is 4.90 Å². The highest BCUT2D eigenvalue weighted by atomic mass is 35.5. The number of hydrogen-bond donors (Lipinski definition) is 1. The van der Waals surface area contributed by atoms with Crippen LogP contribution in [0.15, 0.2) is 36.4 Å². The average Bonchev–Trinajstić information content (AvgIpc) is 2.62. The van der Waals surface area contributed by atoms with Gasteiger partial charge in [0.05, 0.1) is 19.9 Å². The van der Waals surface area contributed by atoms with Crippen molar-refractivity contribution in [1.29, 1.82) is 0 Å². The van der Waals surface area contributed by atoms with Gasteiger partial charge in [0.25, 0.3) is 0 Å². The fourth-order valence-electron chi connectivity index (χ4n) is 2.53. The molecule has 2 aromatic rings. The lowest BCUT2D eigenvalue weighted by molar-refractivity contribution is -0.130. The summed E-state index contributed by atoms with van der Waals surface area (Å²) in [6.07, 6.45) is 0.328. The van der Waals surface area contributed by atoms with Crippen LogP contribution in [0.3, 0.4) is 0 Å². The molecule has 0 atom stereocenters. The number of halogens is 2. The third-order valence-corrected chi connectivity index (χ3v) is 4.36. The van der Waals surface area contributed by atoms with Crippen LogP contribution < -0.4 is 14.8 Å². The SMILES string of the molecule is COc1ccc(Cl)cc1CN(C)C(=O)CCNc1cc(Cl)ccc1OC. The van der Waals surface area contributed by atoms with E-state index in [9.17, 15) is 4.79 Å². The number of amides is 1. The number of carbonyl (C=O) groups is 1. The second-order valence-electron chi connectivity index (χ2n) is 5.73. The van der Waals surface area contributed by atoms with Gasteiger partial charge in [-0.25, -0.2) is 0 Å². The largest absolute Gasteiger partial charge is 0.496 e. The summed E-state index contributed by atoms with van der Waals surface area (Å²) in [5, 5.41) is 4.39. The molecule has 140 valence electrons. The molecule has 0 bridgehead atoms. The van der Waals surface area contributed by atoms with Gasteiger partial charge >= 0.3 is 0 Å². The summed E-state index contributed by atoms with van der Waals surface area (Å²) in [5.74, 6) is 1.38. The molecular formula is C19H22Cl2N2O3. The molecule has 0 radical (unpaired) electrons. The van der Waals surface area contributed by atoms with Crippen molar-refractivity contribution in [2.24, 2.45) is 0 Å². The fourth-order valence-corrected chi connectivity index (χ4v) is 2.89. The Hall–Kier alpha value is -2.11. The molecular weight excluding hydrogens is 375 g/mol. The van der Waals surface area contributed by atoms with Gasteiger partial charge in [-0.3, -0.25) is 4.79 Å². The Morgan fingerprint density at radius 1 is 1.04 bits per heavy atom. The zero-order valence-corrected chi connectivity index (χ0v) is 16.5. The van der Waals surface area contributed by atoms with Gasteiger partial charge in [-0.05, 0) is 36.4 Å². The molecule has 2 aromatic carbocycles. The van der Waals surface area contributed by atoms with Crippen LogP contribution in [0.1, 0.15) is 12.0 Å². The smallest absolute Gasteiger partial charge is 0.224 e. The molecule has 0 aliphatic heterocycles. The molecule has 2 rings (SSSR count). The number of methoxy groups -OCH3 is 2. The van der Waals surface area contributed by atoms with E-state index in [4.69, 9.17) is 32.7 Å². The number of rotatable bonds is 8. The van der Waals surface area contributed by atoms with Gasteiger partial charge in [-0.15, -0.1) is 0 Å². The van der Waals surface area contributed by atoms with Gasteiger partial charge in [0, 0.05) is 42.2 Å². The first kappa shape index (κ1) is 20.2. The topological polar surface area (TPSA) is 50.8 Å². The lowest BCUT2D eigenvalue weighted by Gasteiger charge is -2.19. The second-order valence-corrected chi connectivity index (χ2v) is 6.60.